The van der Waals surface area contributed by atoms with Gasteiger partial charge in [0.25, 0.3) is 11.1 Å². The van der Waals surface area contributed by atoms with E-state index in [1.165, 1.54) is 12.8 Å². The summed E-state index contributed by atoms with van der Waals surface area (Å²) in [5.74, 6) is 0.780. The second kappa shape index (κ2) is 9.07. The number of carbonyl (C=O) groups excluding carboxylic acids is 3. The first-order valence-electron chi connectivity index (χ1n) is 10.5. The predicted octanol–water partition coefficient (Wildman–Crippen LogP) is 3.71. The van der Waals surface area contributed by atoms with Crippen LogP contribution in [0.2, 0.25) is 0 Å². The number of piperidine rings is 1. The SMILES string of the molecule is O=C(CN1C(=O)SC(=Cc2ccc(N3CCCCCC3)o2)C1=O)N1CCCCC1. The van der Waals surface area contributed by atoms with Gasteiger partial charge in [-0.25, -0.2) is 0 Å². The van der Waals surface area contributed by atoms with Gasteiger partial charge in [0.2, 0.25) is 5.91 Å². The molecule has 0 atom stereocenters. The monoisotopic (exact) mass is 417 g/mol. The van der Waals surface area contributed by atoms with Crippen molar-refractivity contribution in [3.05, 3.63) is 22.8 Å². The summed E-state index contributed by atoms with van der Waals surface area (Å²) in [5, 5.41) is -0.397. The van der Waals surface area contributed by atoms with E-state index in [0.717, 1.165) is 67.7 Å². The molecule has 0 spiro atoms. The number of hydrogen-bond donors (Lipinski definition) is 0. The number of hydrogen-bond acceptors (Lipinski definition) is 6. The van der Waals surface area contributed by atoms with Gasteiger partial charge in [0.15, 0.2) is 5.88 Å². The summed E-state index contributed by atoms with van der Waals surface area (Å²) in [6, 6.07) is 3.74. The minimum atomic E-state index is -0.418. The van der Waals surface area contributed by atoms with E-state index in [-0.39, 0.29) is 12.5 Å². The molecule has 8 heteroatoms. The number of carbonyl (C=O) groups is 3. The van der Waals surface area contributed by atoms with E-state index < -0.39 is 11.1 Å². The number of amides is 3. The fourth-order valence-corrected chi connectivity index (χ4v) is 4.84. The van der Waals surface area contributed by atoms with Crippen LogP contribution in [0.25, 0.3) is 6.08 Å². The molecule has 7 nitrogen and oxygen atoms in total. The molecule has 3 saturated heterocycles. The van der Waals surface area contributed by atoms with Gasteiger partial charge < -0.3 is 14.2 Å². The Labute approximate surface area is 175 Å². The van der Waals surface area contributed by atoms with Crippen LogP contribution in [0.4, 0.5) is 10.7 Å². The third kappa shape index (κ3) is 4.69. The average Bonchev–Trinajstić information content (AvgIpc) is 3.16. The third-order valence-corrected chi connectivity index (χ3v) is 6.59. The standard InChI is InChI=1S/C21H27N3O4S/c25-18(22-10-6-3-7-11-22)15-24-20(26)17(29-21(24)27)14-16-8-9-19(28-16)23-12-4-1-2-5-13-23/h8-9,14H,1-7,10-13,15H2. The van der Waals surface area contributed by atoms with E-state index >= 15 is 0 Å². The largest absolute Gasteiger partial charge is 0.441 e. The van der Waals surface area contributed by atoms with Crippen LogP contribution in [-0.2, 0) is 9.59 Å². The van der Waals surface area contributed by atoms with Crippen LogP contribution in [-0.4, -0.2) is 59.6 Å². The number of furan rings is 1. The van der Waals surface area contributed by atoms with E-state index in [1.807, 2.05) is 12.1 Å². The van der Waals surface area contributed by atoms with E-state index in [4.69, 9.17) is 4.42 Å². The van der Waals surface area contributed by atoms with Crippen LogP contribution < -0.4 is 4.90 Å². The highest BCUT2D eigenvalue weighted by Crippen LogP contribution is 2.33. The number of likely N-dealkylation sites (tertiary alicyclic amines) is 1. The molecule has 0 bridgehead atoms. The summed E-state index contributed by atoms with van der Waals surface area (Å²) < 4.78 is 5.91. The van der Waals surface area contributed by atoms with Crippen molar-refractivity contribution in [3.8, 4) is 0 Å². The summed E-state index contributed by atoms with van der Waals surface area (Å²) in [6.45, 7) is 3.18. The number of anilines is 1. The molecular weight excluding hydrogens is 390 g/mol. The molecule has 1 aromatic rings. The number of rotatable bonds is 4. The van der Waals surface area contributed by atoms with Gasteiger partial charge in [0, 0.05) is 38.3 Å². The van der Waals surface area contributed by atoms with Crippen LogP contribution in [0.1, 0.15) is 50.7 Å². The molecule has 0 saturated carbocycles. The van der Waals surface area contributed by atoms with Gasteiger partial charge in [-0.1, -0.05) is 12.8 Å². The zero-order valence-electron chi connectivity index (χ0n) is 16.6. The molecule has 29 heavy (non-hydrogen) atoms. The highest BCUT2D eigenvalue weighted by atomic mass is 32.2. The maximum absolute atomic E-state index is 12.7. The van der Waals surface area contributed by atoms with Gasteiger partial charge in [0.05, 0.1) is 4.91 Å². The number of imide groups is 1. The fraction of sp³-hybridized carbons (Fsp3) is 0.571. The molecular formula is C21H27N3O4S. The molecule has 3 aliphatic rings. The lowest BCUT2D eigenvalue weighted by Gasteiger charge is -2.27. The Morgan fingerprint density at radius 3 is 2.34 bits per heavy atom. The van der Waals surface area contributed by atoms with Crippen molar-refractivity contribution in [1.29, 1.82) is 0 Å². The topological polar surface area (TPSA) is 74.1 Å². The number of nitrogens with zero attached hydrogens (tertiary/aromatic N) is 3. The van der Waals surface area contributed by atoms with Crippen LogP contribution >= 0.6 is 11.8 Å². The maximum atomic E-state index is 12.7. The molecule has 3 fully saturated rings. The van der Waals surface area contributed by atoms with Gasteiger partial charge in [-0.2, -0.15) is 0 Å². The Hall–Kier alpha value is -2.22. The fourth-order valence-electron chi connectivity index (χ4n) is 4.02. The Morgan fingerprint density at radius 2 is 1.62 bits per heavy atom. The Kier molecular flexibility index (Phi) is 6.28. The molecule has 0 aliphatic carbocycles. The van der Waals surface area contributed by atoms with Gasteiger partial charge in [0.1, 0.15) is 12.3 Å². The van der Waals surface area contributed by atoms with E-state index in [2.05, 4.69) is 4.90 Å². The molecule has 156 valence electrons. The van der Waals surface area contributed by atoms with Gasteiger partial charge in [-0.15, -0.1) is 0 Å². The Balaban J connectivity index is 1.41. The van der Waals surface area contributed by atoms with Crippen LogP contribution in [0.15, 0.2) is 21.5 Å². The summed E-state index contributed by atoms with van der Waals surface area (Å²) >= 11 is 0.868. The lowest BCUT2D eigenvalue weighted by molar-refractivity contribution is -0.136. The highest BCUT2D eigenvalue weighted by molar-refractivity contribution is 8.18. The molecule has 0 unspecified atom stereocenters. The molecule has 4 rings (SSSR count). The van der Waals surface area contributed by atoms with Crippen LogP contribution in [0, 0.1) is 0 Å². The van der Waals surface area contributed by atoms with Crippen molar-refractivity contribution in [2.75, 3.05) is 37.6 Å². The minimum absolute atomic E-state index is 0.158. The Bertz CT molecular complexity index is 805. The third-order valence-electron chi connectivity index (χ3n) is 5.68. The number of thioether (sulfide) groups is 1. The summed E-state index contributed by atoms with van der Waals surface area (Å²) in [5.41, 5.74) is 0. The second-order valence-corrected chi connectivity index (χ2v) is 8.78. The normalized spacial score (nSPS) is 22.5. The highest BCUT2D eigenvalue weighted by Gasteiger charge is 2.37. The molecule has 0 radical (unpaired) electrons. The molecule has 3 aliphatic heterocycles. The average molecular weight is 418 g/mol. The van der Waals surface area contributed by atoms with Gasteiger partial charge in [-0.3, -0.25) is 19.3 Å². The molecule has 0 N–H and O–H groups in total. The van der Waals surface area contributed by atoms with E-state index in [9.17, 15) is 14.4 Å². The predicted molar refractivity (Wildman–Crippen MR) is 112 cm³/mol. The zero-order valence-corrected chi connectivity index (χ0v) is 17.4. The second-order valence-electron chi connectivity index (χ2n) is 7.79. The smallest absolute Gasteiger partial charge is 0.294 e. The van der Waals surface area contributed by atoms with Crippen molar-refractivity contribution in [1.82, 2.24) is 9.80 Å². The molecule has 4 heterocycles. The van der Waals surface area contributed by atoms with Gasteiger partial charge >= 0.3 is 0 Å². The first-order valence-corrected chi connectivity index (χ1v) is 11.3. The summed E-state index contributed by atoms with van der Waals surface area (Å²) in [7, 11) is 0. The Morgan fingerprint density at radius 1 is 0.966 bits per heavy atom. The minimum Gasteiger partial charge on any atom is -0.441 e. The maximum Gasteiger partial charge on any atom is 0.294 e. The van der Waals surface area contributed by atoms with Crippen molar-refractivity contribution < 1.29 is 18.8 Å². The van der Waals surface area contributed by atoms with Crippen LogP contribution in [0.3, 0.4) is 0 Å². The lowest BCUT2D eigenvalue weighted by Crippen LogP contribution is -2.44. The van der Waals surface area contributed by atoms with Crippen molar-refractivity contribution in [3.63, 3.8) is 0 Å². The van der Waals surface area contributed by atoms with Crippen molar-refractivity contribution in [2.24, 2.45) is 0 Å². The van der Waals surface area contributed by atoms with Crippen molar-refractivity contribution in [2.45, 2.75) is 44.9 Å². The molecule has 1 aromatic heterocycles. The van der Waals surface area contributed by atoms with E-state index in [1.54, 1.807) is 11.0 Å². The first-order chi connectivity index (χ1) is 14.1. The van der Waals surface area contributed by atoms with Gasteiger partial charge in [-0.05, 0) is 49.9 Å². The lowest BCUT2D eigenvalue weighted by atomic mass is 10.1. The molecule has 3 amide bonds. The van der Waals surface area contributed by atoms with Crippen molar-refractivity contribution >= 4 is 40.8 Å². The van der Waals surface area contributed by atoms with Crippen LogP contribution in [0.5, 0.6) is 0 Å². The van der Waals surface area contributed by atoms with E-state index in [0.29, 0.717) is 23.8 Å². The zero-order chi connectivity index (χ0) is 20.2. The quantitative estimate of drug-likeness (QED) is 0.696. The summed E-state index contributed by atoms with van der Waals surface area (Å²) in [6.07, 6.45) is 9.48. The first kappa shape index (κ1) is 20.1. The summed E-state index contributed by atoms with van der Waals surface area (Å²) in [4.78, 5) is 42.8. The molecule has 0 aromatic carbocycles.